The highest BCUT2D eigenvalue weighted by molar-refractivity contribution is 5.71. The van der Waals surface area contributed by atoms with Crippen molar-refractivity contribution in [1.82, 2.24) is 5.54 Å². The van der Waals surface area contributed by atoms with Crippen molar-refractivity contribution < 1.29 is 13.7 Å². The lowest BCUT2D eigenvalue weighted by Gasteiger charge is -2.23. The van der Waals surface area contributed by atoms with E-state index in [4.69, 9.17) is 0 Å². The third-order valence-electron chi connectivity index (χ3n) is 2.20. The molecule has 0 bridgehead atoms. The lowest BCUT2D eigenvalue weighted by atomic mass is 9.87. The zero-order valence-electron chi connectivity index (χ0n) is 6.15. The molecule has 0 spiro atoms. The molecule has 0 unspecified atom stereocenters. The topological polar surface area (TPSA) is 29.1 Å². The molecule has 1 aliphatic carbocycles. The summed E-state index contributed by atoms with van der Waals surface area (Å²) in [6.07, 6.45) is 2.04. The van der Waals surface area contributed by atoms with Gasteiger partial charge in [-0.25, -0.2) is 0 Å². The Bertz CT molecular complexity index is 143. The largest absolute Gasteiger partial charge is 0.304 e. The molecule has 0 aromatic rings. The third kappa shape index (κ3) is 2.22. The maximum Gasteiger partial charge on any atom is 0.304 e. The van der Waals surface area contributed by atoms with Crippen LogP contribution in [-0.4, -0.2) is 12.1 Å². The first-order valence-corrected chi connectivity index (χ1v) is 3.79. The van der Waals surface area contributed by atoms with Crippen LogP contribution in [0.5, 0.6) is 0 Å². The molecule has 0 atom stereocenters. The van der Waals surface area contributed by atoms with Gasteiger partial charge in [0.1, 0.15) is 0 Å². The average Bonchev–Trinajstić information content (AvgIpc) is 2.05. The normalized spacial score (nSPS) is 31.8. The molecule has 1 N–H and O–H groups in total. The Kier molecular flexibility index (Phi) is 2.93. The van der Waals surface area contributed by atoms with Crippen LogP contribution < -0.4 is 5.54 Å². The maximum atomic E-state index is 12.1. The number of halogens is 2. The minimum atomic E-state index is -1.25. The Morgan fingerprint density at radius 1 is 1.27 bits per heavy atom. The second-order valence-corrected chi connectivity index (χ2v) is 2.96. The predicted molar refractivity (Wildman–Crippen MR) is 36.1 cm³/mol. The van der Waals surface area contributed by atoms with Crippen LogP contribution in [0.1, 0.15) is 25.7 Å². The molecule has 0 aromatic heterocycles. The molecule has 0 radical (unpaired) electrons. The fourth-order valence-corrected chi connectivity index (χ4v) is 1.43. The van der Waals surface area contributed by atoms with Crippen LogP contribution in [-0.2, 0) is 4.79 Å². The number of hydrogen-bond donors (Lipinski definition) is 1. The summed E-state index contributed by atoms with van der Waals surface area (Å²) in [5.41, 5.74) is 1.63. The monoisotopic (exact) mass is 163 g/mol. The highest BCUT2D eigenvalue weighted by Gasteiger charge is 2.25. The summed E-state index contributed by atoms with van der Waals surface area (Å²) in [4.78, 5) is 10.2. The highest BCUT2D eigenvalue weighted by atomic mass is 19.2. The minimum Gasteiger partial charge on any atom is -0.261 e. The van der Waals surface area contributed by atoms with E-state index in [-0.39, 0.29) is 6.04 Å². The van der Waals surface area contributed by atoms with Gasteiger partial charge >= 0.3 is 6.04 Å². The van der Waals surface area contributed by atoms with E-state index >= 15 is 0 Å². The highest BCUT2D eigenvalue weighted by Crippen LogP contribution is 2.25. The van der Waals surface area contributed by atoms with Crippen LogP contribution in [0.15, 0.2) is 0 Å². The van der Waals surface area contributed by atoms with Gasteiger partial charge in [0.15, 0.2) is 0 Å². The van der Waals surface area contributed by atoms with Gasteiger partial charge in [0.25, 0.3) is 0 Å². The van der Waals surface area contributed by atoms with Gasteiger partial charge in [0, 0.05) is 6.04 Å². The molecule has 0 aliphatic heterocycles. The Morgan fingerprint density at radius 2 is 1.82 bits per heavy atom. The second-order valence-electron chi connectivity index (χ2n) is 2.96. The SMILES string of the molecule is O=C(F)C1CCC(NF)CC1. The van der Waals surface area contributed by atoms with Gasteiger partial charge in [-0.15, -0.1) is 4.48 Å². The van der Waals surface area contributed by atoms with Crippen molar-refractivity contribution in [3.05, 3.63) is 0 Å². The number of rotatable bonds is 2. The van der Waals surface area contributed by atoms with Crippen molar-refractivity contribution in [2.75, 3.05) is 0 Å². The van der Waals surface area contributed by atoms with E-state index in [9.17, 15) is 13.7 Å². The predicted octanol–water partition coefficient (Wildman–Crippen LogP) is 1.52. The summed E-state index contributed by atoms with van der Waals surface area (Å²) in [5, 5.41) is 0. The lowest BCUT2D eigenvalue weighted by molar-refractivity contribution is -0.134. The molecule has 4 heteroatoms. The molecule has 0 aromatic carbocycles. The molecule has 1 rings (SSSR count). The van der Waals surface area contributed by atoms with E-state index in [1.165, 1.54) is 0 Å². The zero-order chi connectivity index (χ0) is 8.27. The fraction of sp³-hybridized carbons (Fsp3) is 0.857. The Labute approximate surface area is 63.9 Å². The van der Waals surface area contributed by atoms with Gasteiger partial charge in [-0.05, 0) is 25.7 Å². The van der Waals surface area contributed by atoms with Gasteiger partial charge in [0.05, 0.1) is 5.92 Å². The van der Waals surface area contributed by atoms with E-state index in [1.54, 1.807) is 5.54 Å². The quantitative estimate of drug-likeness (QED) is 0.494. The van der Waals surface area contributed by atoms with Crippen molar-refractivity contribution in [3.8, 4) is 0 Å². The van der Waals surface area contributed by atoms with Crippen molar-refractivity contribution in [2.24, 2.45) is 5.92 Å². The first-order valence-electron chi connectivity index (χ1n) is 3.79. The van der Waals surface area contributed by atoms with Crippen molar-refractivity contribution in [1.29, 1.82) is 0 Å². The summed E-state index contributed by atoms with van der Waals surface area (Å²) in [7, 11) is 0. The average molecular weight is 163 g/mol. The molecule has 0 saturated heterocycles. The zero-order valence-corrected chi connectivity index (χ0v) is 6.15. The minimum absolute atomic E-state index is 0.175. The van der Waals surface area contributed by atoms with Crippen LogP contribution in [0.25, 0.3) is 0 Å². The van der Waals surface area contributed by atoms with Gasteiger partial charge in [-0.2, -0.15) is 9.93 Å². The van der Waals surface area contributed by atoms with Crippen LogP contribution in [0, 0.1) is 5.92 Å². The van der Waals surface area contributed by atoms with E-state index in [0.717, 1.165) is 0 Å². The standard InChI is InChI=1S/C7H11F2NO/c8-7(11)5-1-3-6(10-9)4-2-5/h5-6,10H,1-4H2. The first kappa shape index (κ1) is 8.59. The molecule has 0 amide bonds. The Balaban J connectivity index is 2.30. The van der Waals surface area contributed by atoms with Crippen molar-refractivity contribution in [2.45, 2.75) is 31.7 Å². The van der Waals surface area contributed by atoms with Crippen molar-refractivity contribution in [3.63, 3.8) is 0 Å². The van der Waals surface area contributed by atoms with Crippen LogP contribution in [0.2, 0.25) is 0 Å². The summed E-state index contributed by atoms with van der Waals surface area (Å²) in [6.45, 7) is 0. The van der Waals surface area contributed by atoms with Gasteiger partial charge in [0.2, 0.25) is 0 Å². The van der Waals surface area contributed by atoms with E-state index in [1.807, 2.05) is 0 Å². The molecule has 0 heterocycles. The Hall–Kier alpha value is -0.510. The Morgan fingerprint density at radius 3 is 2.18 bits per heavy atom. The van der Waals surface area contributed by atoms with Crippen LogP contribution in [0.3, 0.4) is 0 Å². The maximum absolute atomic E-state index is 12.1. The van der Waals surface area contributed by atoms with Gasteiger partial charge in [-0.3, -0.25) is 4.79 Å². The van der Waals surface area contributed by atoms with Gasteiger partial charge in [-0.1, -0.05) is 0 Å². The molecule has 2 nitrogen and oxygen atoms in total. The molecule has 11 heavy (non-hydrogen) atoms. The molecule has 1 saturated carbocycles. The molecular weight excluding hydrogens is 152 g/mol. The summed E-state index contributed by atoms with van der Waals surface area (Å²) < 4.78 is 23.8. The molecule has 1 fully saturated rings. The van der Waals surface area contributed by atoms with E-state index < -0.39 is 12.0 Å². The van der Waals surface area contributed by atoms with Gasteiger partial charge < -0.3 is 0 Å². The number of nitrogens with one attached hydrogen (secondary N) is 1. The molecular formula is C7H11F2NO. The van der Waals surface area contributed by atoms with E-state index in [0.29, 0.717) is 25.7 Å². The molecule has 64 valence electrons. The van der Waals surface area contributed by atoms with Crippen LogP contribution in [0.4, 0.5) is 8.87 Å². The van der Waals surface area contributed by atoms with E-state index in [2.05, 4.69) is 0 Å². The lowest BCUT2D eigenvalue weighted by Crippen LogP contribution is -2.29. The summed E-state index contributed by atoms with van der Waals surface area (Å²) >= 11 is 0. The summed E-state index contributed by atoms with van der Waals surface area (Å²) in [6, 6.07) is -1.42. The van der Waals surface area contributed by atoms with Crippen LogP contribution >= 0.6 is 0 Å². The first-order chi connectivity index (χ1) is 5.24. The molecule has 1 aliphatic rings. The number of carbonyl (C=O) groups is 1. The number of carbonyl (C=O) groups excluding carboxylic acids is 1. The summed E-state index contributed by atoms with van der Waals surface area (Å²) in [5.74, 6) is -0.473. The smallest absolute Gasteiger partial charge is 0.261 e. The van der Waals surface area contributed by atoms with Crippen molar-refractivity contribution >= 4 is 6.04 Å². The number of hydrogen-bond acceptors (Lipinski definition) is 2. The fourth-order valence-electron chi connectivity index (χ4n) is 1.43. The second kappa shape index (κ2) is 3.76. The third-order valence-corrected chi connectivity index (χ3v) is 2.20.